The second-order valence-corrected chi connectivity index (χ2v) is 12.7. The predicted octanol–water partition coefficient (Wildman–Crippen LogP) is 11.4. The molecule has 0 saturated heterocycles. The summed E-state index contributed by atoms with van der Waals surface area (Å²) in [7, 11) is 0. The highest BCUT2D eigenvalue weighted by Gasteiger charge is 2.16. The molecule has 0 spiro atoms. The summed E-state index contributed by atoms with van der Waals surface area (Å²) in [5, 5.41) is 2.22. The first-order valence-electron chi connectivity index (χ1n) is 17.2. The molecule has 0 unspecified atom stereocenters. The molecule has 0 fully saturated rings. The minimum atomic E-state index is 0.607. The van der Waals surface area contributed by atoms with Crippen molar-refractivity contribution in [1.29, 1.82) is 0 Å². The van der Waals surface area contributed by atoms with Crippen LogP contribution in [0.15, 0.2) is 180 Å². The number of fused-ring (bicyclic) bond motifs is 4. The maximum absolute atomic E-state index is 6.05. The Bertz CT molecular complexity index is 2880. The summed E-state index contributed by atoms with van der Waals surface area (Å²) >= 11 is 0. The molecule has 52 heavy (non-hydrogen) atoms. The first-order valence-corrected chi connectivity index (χ1v) is 17.2. The molecule has 6 nitrogen and oxygen atoms in total. The Morgan fingerprint density at radius 2 is 0.885 bits per heavy atom. The third-order valence-electron chi connectivity index (χ3n) is 9.50. The van der Waals surface area contributed by atoms with E-state index in [1.54, 1.807) is 0 Å². The molecule has 6 heteroatoms. The van der Waals surface area contributed by atoms with Crippen LogP contribution in [0.4, 0.5) is 0 Å². The first kappa shape index (κ1) is 29.7. The summed E-state index contributed by atoms with van der Waals surface area (Å²) in [6.07, 6.45) is 0. The number of furan rings is 1. The van der Waals surface area contributed by atoms with Crippen LogP contribution in [-0.2, 0) is 0 Å². The zero-order valence-corrected chi connectivity index (χ0v) is 27.9. The number of para-hydroxylation sites is 3. The van der Waals surface area contributed by atoms with Gasteiger partial charge in [-0.05, 0) is 65.7 Å². The number of aromatic nitrogens is 5. The molecule has 0 N–H and O–H groups in total. The summed E-state index contributed by atoms with van der Waals surface area (Å²) in [5.41, 5.74) is 10.8. The molecule has 0 aliphatic rings. The van der Waals surface area contributed by atoms with Gasteiger partial charge < -0.3 is 4.42 Å². The molecule has 0 bridgehead atoms. The lowest BCUT2D eigenvalue weighted by atomic mass is 10.0. The Kier molecular flexibility index (Phi) is 7.03. The minimum absolute atomic E-state index is 0.607. The van der Waals surface area contributed by atoms with Gasteiger partial charge in [0, 0.05) is 38.7 Å². The van der Waals surface area contributed by atoms with Crippen molar-refractivity contribution in [3.8, 4) is 62.4 Å². The SMILES string of the molecule is c1ccc(-c2nc(-c3ccc(-c4ccc5oc6ccccc6c5c4)cc3)nc(-c3ccc(-n4c(-c5ccccc5)nc5ccccc54)cc3)n2)cc1. The number of imidazole rings is 1. The highest BCUT2D eigenvalue weighted by atomic mass is 16.3. The van der Waals surface area contributed by atoms with E-state index in [4.69, 9.17) is 24.4 Å². The molecule has 10 aromatic rings. The first-order chi connectivity index (χ1) is 25.7. The van der Waals surface area contributed by atoms with Crippen molar-refractivity contribution in [3.05, 3.63) is 176 Å². The Hall–Kier alpha value is -7.18. The molecule has 0 aliphatic heterocycles. The van der Waals surface area contributed by atoms with Crippen molar-refractivity contribution in [2.75, 3.05) is 0 Å². The third-order valence-corrected chi connectivity index (χ3v) is 9.50. The van der Waals surface area contributed by atoms with E-state index in [1.165, 1.54) is 0 Å². The Morgan fingerprint density at radius 3 is 1.60 bits per heavy atom. The van der Waals surface area contributed by atoms with Gasteiger partial charge in [-0.1, -0.05) is 121 Å². The van der Waals surface area contributed by atoms with Gasteiger partial charge >= 0.3 is 0 Å². The lowest BCUT2D eigenvalue weighted by Crippen LogP contribution is -2.01. The van der Waals surface area contributed by atoms with Crippen LogP contribution in [0.2, 0.25) is 0 Å². The molecule has 0 aliphatic carbocycles. The van der Waals surface area contributed by atoms with Gasteiger partial charge in [-0.3, -0.25) is 4.57 Å². The molecule has 244 valence electrons. The predicted molar refractivity (Wildman–Crippen MR) is 209 cm³/mol. The lowest BCUT2D eigenvalue weighted by molar-refractivity contribution is 0.669. The van der Waals surface area contributed by atoms with Crippen LogP contribution >= 0.6 is 0 Å². The quantitative estimate of drug-likeness (QED) is 0.176. The van der Waals surface area contributed by atoms with E-state index in [9.17, 15) is 0 Å². The van der Waals surface area contributed by atoms with Crippen LogP contribution in [0.3, 0.4) is 0 Å². The molecular weight excluding hydrogens is 639 g/mol. The van der Waals surface area contributed by atoms with Crippen LogP contribution in [0.1, 0.15) is 0 Å². The number of nitrogens with zero attached hydrogens (tertiary/aromatic N) is 5. The Balaban J connectivity index is 1.03. The van der Waals surface area contributed by atoms with E-state index >= 15 is 0 Å². The average Bonchev–Trinajstić information content (AvgIpc) is 3.80. The van der Waals surface area contributed by atoms with E-state index in [0.717, 1.165) is 77.9 Å². The molecule has 0 atom stereocenters. The monoisotopic (exact) mass is 667 g/mol. The second-order valence-electron chi connectivity index (χ2n) is 12.7. The fraction of sp³-hybridized carbons (Fsp3) is 0. The highest BCUT2D eigenvalue weighted by molar-refractivity contribution is 6.06. The minimum Gasteiger partial charge on any atom is -0.456 e. The van der Waals surface area contributed by atoms with Gasteiger partial charge in [-0.25, -0.2) is 19.9 Å². The molecule has 7 aromatic carbocycles. The van der Waals surface area contributed by atoms with Crippen LogP contribution in [0.25, 0.3) is 95.3 Å². The maximum atomic E-state index is 6.05. The fourth-order valence-corrected chi connectivity index (χ4v) is 6.90. The molecule has 10 rings (SSSR count). The fourth-order valence-electron chi connectivity index (χ4n) is 6.90. The molecule has 0 amide bonds. The van der Waals surface area contributed by atoms with Gasteiger partial charge in [0.2, 0.25) is 0 Å². The van der Waals surface area contributed by atoms with E-state index < -0.39 is 0 Å². The van der Waals surface area contributed by atoms with Crippen LogP contribution in [0.5, 0.6) is 0 Å². The van der Waals surface area contributed by atoms with Crippen LogP contribution < -0.4 is 0 Å². The van der Waals surface area contributed by atoms with Crippen molar-refractivity contribution in [1.82, 2.24) is 24.5 Å². The molecule has 3 heterocycles. The van der Waals surface area contributed by atoms with Crippen molar-refractivity contribution < 1.29 is 4.42 Å². The smallest absolute Gasteiger partial charge is 0.164 e. The van der Waals surface area contributed by atoms with E-state index in [2.05, 4.69) is 95.6 Å². The number of rotatable bonds is 6. The molecule has 0 radical (unpaired) electrons. The third kappa shape index (κ3) is 5.22. The van der Waals surface area contributed by atoms with E-state index in [1.807, 2.05) is 84.9 Å². The van der Waals surface area contributed by atoms with Crippen molar-refractivity contribution in [2.45, 2.75) is 0 Å². The van der Waals surface area contributed by atoms with Gasteiger partial charge in [-0.2, -0.15) is 0 Å². The topological polar surface area (TPSA) is 69.6 Å². The number of hydrogen-bond acceptors (Lipinski definition) is 5. The van der Waals surface area contributed by atoms with E-state index in [-0.39, 0.29) is 0 Å². The largest absolute Gasteiger partial charge is 0.456 e. The summed E-state index contributed by atoms with van der Waals surface area (Å²) in [5.74, 6) is 2.74. The Morgan fingerprint density at radius 1 is 0.365 bits per heavy atom. The normalized spacial score (nSPS) is 11.5. The summed E-state index contributed by atoms with van der Waals surface area (Å²) in [6, 6.07) is 59.9. The van der Waals surface area contributed by atoms with Crippen LogP contribution in [0, 0.1) is 0 Å². The maximum Gasteiger partial charge on any atom is 0.164 e. The summed E-state index contributed by atoms with van der Waals surface area (Å²) in [4.78, 5) is 20.0. The van der Waals surface area contributed by atoms with Gasteiger partial charge in [0.25, 0.3) is 0 Å². The van der Waals surface area contributed by atoms with Gasteiger partial charge in [0.15, 0.2) is 17.5 Å². The molecule has 0 saturated carbocycles. The van der Waals surface area contributed by atoms with Crippen LogP contribution in [-0.4, -0.2) is 24.5 Å². The standard InChI is InChI=1S/C46H29N5O/c1-3-11-31(12-4-1)43-48-44(32-21-19-30(20-22-32)35-25-28-42-38(29-35)37-15-7-10-18-41(37)52-42)50-45(49-43)33-23-26-36(27-24-33)51-40-17-9-8-16-39(40)47-46(51)34-13-5-2-6-14-34/h1-29H. The Labute approximate surface area is 299 Å². The zero-order valence-electron chi connectivity index (χ0n) is 27.9. The van der Waals surface area contributed by atoms with Crippen molar-refractivity contribution in [2.24, 2.45) is 0 Å². The van der Waals surface area contributed by atoms with Gasteiger partial charge in [-0.15, -0.1) is 0 Å². The molecule has 3 aromatic heterocycles. The zero-order chi connectivity index (χ0) is 34.4. The lowest BCUT2D eigenvalue weighted by Gasteiger charge is -2.12. The average molecular weight is 668 g/mol. The van der Waals surface area contributed by atoms with E-state index in [0.29, 0.717) is 17.5 Å². The second kappa shape index (κ2) is 12.3. The highest BCUT2D eigenvalue weighted by Crippen LogP contribution is 2.34. The van der Waals surface area contributed by atoms with Gasteiger partial charge in [0.1, 0.15) is 17.0 Å². The molecular formula is C46H29N5O. The van der Waals surface area contributed by atoms with Gasteiger partial charge in [0.05, 0.1) is 11.0 Å². The van der Waals surface area contributed by atoms with Crippen molar-refractivity contribution >= 4 is 33.0 Å². The summed E-state index contributed by atoms with van der Waals surface area (Å²) < 4.78 is 8.26. The van der Waals surface area contributed by atoms with Crippen molar-refractivity contribution in [3.63, 3.8) is 0 Å². The summed E-state index contributed by atoms with van der Waals surface area (Å²) in [6.45, 7) is 0. The number of hydrogen-bond donors (Lipinski definition) is 0. The number of benzene rings is 7.